The lowest BCUT2D eigenvalue weighted by atomic mass is 10.3. The molecule has 1 N–H and O–H groups in total. The molecule has 0 saturated heterocycles. The molecule has 2 aromatic rings. The molecular weight excluding hydrogens is 230 g/mol. The van der Waals surface area contributed by atoms with E-state index in [4.69, 9.17) is 5.11 Å². The van der Waals surface area contributed by atoms with Gasteiger partial charge in [-0.3, -0.25) is 4.79 Å². The third-order valence-corrected chi connectivity index (χ3v) is 2.65. The minimum Gasteiger partial charge on any atom is -0.395 e. The zero-order chi connectivity index (χ0) is 13.0. The quantitative estimate of drug-likeness (QED) is 0.810. The van der Waals surface area contributed by atoms with Crippen molar-refractivity contribution in [1.82, 2.24) is 14.3 Å². The Kier molecular flexibility index (Phi) is 3.74. The molecule has 0 radical (unpaired) electrons. The molecular formula is C13H15N3O2. The molecule has 2 aromatic heterocycles. The topological polar surface area (TPSA) is 57.8 Å². The van der Waals surface area contributed by atoms with Gasteiger partial charge in [-0.15, -0.1) is 0 Å². The monoisotopic (exact) mass is 245 g/mol. The number of rotatable bonds is 4. The van der Waals surface area contributed by atoms with Crippen LogP contribution in [-0.4, -0.2) is 45.5 Å². The van der Waals surface area contributed by atoms with Crippen LogP contribution in [0.25, 0.3) is 11.7 Å². The molecule has 0 aromatic carbocycles. The second-order valence-corrected chi connectivity index (χ2v) is 3.93. The van der Waals surface area contributed by atoms with E-state index in [9.17, 15) is 4.79 Å². The van der Waals surface area contributed by atoms with Crippen LogP contribution in [-0.2, 0) is 4.79 Å². The first-order valence-electron chi connectivity index (χ1n) is 5.68. The van der Waals surface area contributed by atoms with E-state index in [1.54, 1.807) is 19.3 Å². The summed E-state index contributed by atoms with van der Waals surface area (Å²) in [5.74, 6) is -0.144. The first kappa shape index (κ1) is 12.3. The van der Waals surface area contributed by atoms with E-state index >= 15 is 0 Å². The van der Waals surface area contributed by atoms with Gasteiger partial charge in [0.25, 0.3) is 0 Å². The van der Waals surface area contributed by atoms with E-state index in [0.717, 1.165) is 11.3 Å². The highest BCUT2D eigenvalue weighted by atomic mass is 16.3. The number of amides is 1. The summed E-state index contributed by atoms with van der Waals surface area (Å²) >= 11 is 0. The predicted molar refractivity (Wildman–Crippen MR) is 68.9 cm³/mol. The van der Waals surface area contributed by atoms with Gasteiger partial charge in [-0.1, -0.05) is 6.07 Å². The number of aromatic nitrogens is 2. The number of likely N-dealkylation sites (N-methyl/N-ethyl adjacent to an activating group) is 1. The highest BCUT2D eigenvalue weighted by molar-refractivity contribution is 5.91. The maximum absolute atomic E-state index is 11.7. The Morgan fingerprint density at radius 1 is 1.56 bits per heavy atom. The second kappa shape index (κ2) is 5.46. The van der Waals surface area contributed by atoms with Crippen LogP contribution in [0.4, 0.5) is 0 Å². The fourth-order valence-electron chi connectivity index (χ4n) is 1.62. The Balaban J connectivity index is 2.16. The third kappa shape index (κ3) is 2.57. The van der Waals surface area contributed by atoms with Crippen LogP contribution in [0.3, 0.4) is 0 Å². The minimum absolute atomic E-state index is 0.0360. The normalized spacial score (nSPS) is 11.2. The van der Waals surface area contributed by atoms with Crippen molar-refractivity contribution in [3.8, 4) is 0 Å². The first-order chi connectivity index (χ1) is 8.72. The van der Waals surface area contributed by atoms with Crippen LogP contribution in [0, 0.1) is 0 Å². The number of carbonyl (C=O) groups excluding carboxylic acids is 1. The lowest BCUT2D eigenvalue weighted by molar-refractivity contribution is -0.125. The summed E-state index contributed by atoms with van der Waals surface area (Å²) in [5.41, 5.74) is 1.68. The van der Waals surface area contributed by atoms with Crippen LogP contribution in [0.1, 0.15) is 5.69 Å². The molecule has 0 aliphatic heterocycles. The van der Waals surface area contributed by atoms with Crippen molar-refractivity contribution in [2.24, 2.45) is 0 Å². The van der Waals surface area contributed by atoms with E-state index in [1.165, 1.54) is 11.0 Å². The van der Waals surface area contributed by atoms with Crippen molar-refractivity contribution < 1.29 is 9.90 Å². The van der Waals surface area contributed by atoms with Crippen molar-refractivity contribution in [2.45, 2.75) is 0 Å². The zero-order valence-corrected chi connectivity index (χ0v) is 10.2. The summed E-state index contributed by atoms with van der Waals surface area (Å²) < 4.78 is 1.90. The predicted octanol–water partition coefficient (Wildman–Crippen LogP) is 0.798. The van der Waals surface area contributed by atoms with E-state index in [2.05, 4.69) is 4.98 Å². The van der Waals surface area contributed by atoms with Gasteiger partial charge in [-0.25, -0.2) is 4.98 Å². The molecule has 2 heterocycles. The molecule has 1 amide bonds. The van der Waals surface area contributed by atoms with Gasteiger partial charge in [0.1, 0.15) is 5.65 Å². The van der Waals surface area contributed by atoms with Crippen LogP contribution in [0.5, 0.6) is 0 Å². The Labute approximate surface area is 105 Å². The zero-order valence-electron chi connectivity index (χ0n) is 10.2. The van der Waals surface area contributed by atoms with Crippen molar-refractivity contribution in [2.75, 3.05) is 20.2 Å². The van der Waals surface area contributed by atoms with Crippen LogP contribution >= 0.6 is 0 Å². The number of aliphatic hydroxyl groups is 1. The van der Waals surface area contributed by atoms with Crippen molar-refractivity contribution in [3.05, 3.63) is 42.4 Å². The van der Waals surface area contributed by atoms with Crippen LogP contribution in [0.2, 0.25) is 0 Å². The SMILES string of the molecule is CN(CCO)C(=O)/C=C/c1cnc2ccccn12. The van der Waals surface area contributed by atoms with E-state index < -0.39 is 0 Å². The van der Waals surface area contributed by atoms with Gasteiger partial charge in [0, 0.05) is 25.9 Å². The molecule has 2 rings (SSSR count). The average molecular weight is 245 g/mol. The number of carbonyl (C=O) groups is 1. The average Bonchev–Trinajstić information content (AvgIpc) is 2.79. The lowest BCUT2D eigenvalue weighted by Gasteiger charge is -2.12. The number of imidazole rings is 1. The number of fused-ring (bicyclic) bond motifs is 1. The summed E-state index contributed by atoms with van der Waals surface area (Å²) in [7, 11) is 1.65. The minimum atomic E-state index is -0.144. The first-order valence-corrected chi connectivity index (χ1v) is 5.68. The lowest BCUT2D eigenvalue weighted by Crippen LogP contribution is -2.27. The molecule has 0 spiro atoms. The summed E-state index contributed by atoms with van der Waals surface area (Å²) in [6.07, 6.45) is 6.80. The molecule has 0 saturated carbocycles. The Morgan fingerprint density at radius 3 is 3.17 bits per heavy atom. The molecule has 0 atom stereocenters. The summed E-state index contributed by atoms with van der Waals surface area (Å²) in [6, 6.07) is 5.72. The van der Waals surface area contributed by atoms with E-state index in [-0.39, 0.29) is 12.5 Å². The van der Waals surface area contributed by atoms with E-state index in [0.29, 0.717) is 6.54 Å². The maximum atomic E-state index is 11.7. The van der Waals surface area contributed by atoms with Crippen LogP contribution < -0.4 is 0 Å². The van der Waals surface area contributed by atoms with Crippen molar-refractivity contribution in [3.63, 3.8) is 0 Å². The molecule has 18 heavy (non-hydrogen) atoms. The standard InChI is InChI=1S/C13H15N3O2/c1-15(8-9-17)13(18)6-5-11-10-14-12-4-2-3-7-16(11)12/h2-7,10,17H,8-9H2,1H3/b6-5+. The Hall–Kier alpha value is -2.14. The third-order valence-electron chi connectivity index (χ3n) is 2.65. The Morgan fingerprint density at radius 2 is 2.39 bits per heavy atom. The molecule has 5 heteroatoms. The van der Waals surface area contributed by atoms with Gasteiger partial charge in [0.2, 0.25) is 5.91 Å². The summed E-state index contributed by atoms with van der Waals surface area (Å²) in [4.78, 5) is 17.3. The number of aliphatic hydroxyl groups excluding tert-OH is 1. The highest BCUT2D eigenvalue weighted by Crippen LogP contribution is 2.07. The molecule has 0 aliphatic rings. The second-order valence-electron chi connectivity index (χ2n) is 3.93. The van der Waals surface area contributed by atoms with Crippen LogP contribution in [0.15, 0.2) is 36.7 Å². The Bertz CT molecular complexity index is 574. The summed E-state index contributed by atoms with van der Waals surface area (Å²) in [6.45, 7) is 0.294. The molecule has 0 aliphatic carbocycles. The number of hydrogen-bond acceptors (Lipinski definition) is 3. The largest absolute Gasteiger partial charge is 0.395 e. The van der Waals surface area contributed by atoms with Gasteiger partial charge < -0.3 is 14.4 Å². The fraction of sp³-hybridized carbons (Fsp3) is 0.231. The molecule has 0 unspecified atom stereocenters. The molecule has 0 bridgehead atoms. The van der Waals surface area contributed by atoms with Gasteiger partial charge in [0.05, 0.1) is 18.5 Å². The molecule has 5 nitrogen and oxygen atoms in total. The van der Waals surface area contributed by atoms with Gasteiger partial charge in [-0.05, 0) is 18.2 Å². The number of nitrogens with zero attached hydrogens (tertiary/aromatic N) is 3. The number of hydrogen-bond donors (Lipinski definition) is 1. The number of pyridine rings is 1. The smallest absolute Gasteiger partial charge is 0.246 e. The van der Waals surface area contributed by atoms with Crippen molar-refractivity contribution in [1.29, 1.82) is 0 Å². The van der Waals surface area contributed by atoms with Crippen molar-refractivity contribution >= 4 is 17.6 Å². The maximum Gasteiger partial charge on any atom is 0.246 e. The molecule has 94 valence electrons. The van der Waals surface area contributed by atoms with E-state index in [1.807, 2.05) is 28.8 Å². The summed E-state index contributed by atoms with van der Waals surface area (Å²) in [5, 5.41) is 8.75. The van der Waals surface area contributed by atoms with Gasteiger partial charge in [-0.2, -0.15) is 0 Å². The highest BCUT2D eigenvalue weighted by Gasteiger charge is 2.04. The fourth-order valence-corrected chi connectivity index (χ4v) is 1.62. The van der Waals surface area contributed by atoms with Gasteiger partial charge in [0.15, 0.2) is 0 Å². The van der Waals surface area contributed by atoms with Gasteiger partial charge >= 0.3 is 0 Å². The molecule has 0 fully saturated rings.